The van der Waals surface area contributed by atoms with Crippen molar-refractivity contribution in [3.63, 3.8) is 0 Å². The Labute approximate surface area is 188 Å². The Kier molecular flexibility index (Phi) is 8.18. The normalized spacial score (nSPS) is 17.7. The Morgan fingerprint density at radius 3 is 1.41 bits per heavy atom. The predicted octanol–water partition coefficient (Wildman–Crippen LogP) is 9.23. The molecule has 0 aromatic carbocycles. The van der Waals surface area contributed by atoms with Gasteiger partial charge in [0.2, 0.25) is 0 Å². The predicted molar refractivity (Wildman–Crippen MR) is 137 cm³/mol. The Bertz CT molecular complexity index is 724. The fourth-order valence-electron chi connectivity index (χ4n) is 5.09. The molecule has 0 unspecified atom stereocenters. The van der Waals surface area contributed by atoms with Crippen molar-refractivity contribution < 1.29 is 20.0 Å². The molecule has 0 radical (unpaired) electrons. The number of hydrogen-bond acceptors (Lipinski definition) is 0. The monoisotopic (exact) mass is 592 g/mol. The summed E-state index contributed by atoms with van der Waals surface area (Å²) >= 11 is -2.69. The van der Waals surface area contributed by atoms with Gasteiger partial charge in [-0.25, -0.2) is 0 Å². The van der Waals surface area contributed by atoms with Crippen LogP contribution in [0.3, 0.4) is 0 Å². The summed E-state index contributed by atoms with van der Waals surface area (Å²) in [5, 5.41) is 0. The zero-order valence-corrected chi connectivity index (χ0v) is 26.1. The van der Waals surface area contributed by atoms with Crippen molar-refractivity contribution in [2.75, 3.05) is 0 Å². The van der Waals surface area contributed by atoms with Gasteiger partial charge in [-0.1, -0.05) is 0 Å². The minimum atomic E-state index is -2.69. The summed E-state index contributed by atoms with van der Waals surface area (Å²) in [6.07, 6.45) is 14.3. The number of allylic oxidation sites excluding steroid dienone is 10. The third-order valence-corrected chi connectivity index (χ3v) is 23.7. The second-order valence-corrected chi connectivity index (χ2v) is 39.1. The first kappa shape index (κ1) is 25.0. The second kappa shape index (κ2) is 9.48. The van der Waals surface area contributed by atoms with Gasteiger partial charge in [-0.2, -0.15) is 0 Å². The van der Waals surface area contributed by atoms with E-state index in [1.807, 2.05) is 6.66 Å². The first-order chi connectivity index (χ1) is 13.2. The Balaban J connectivity index is 2.25. The van der Waals surface area contributed by atoms with E-state index in [4.69, 9.17) is 0 Å². The van der Waals surface area contributed by atoms with Crippen LogP contribution in [0.1, 0.15) is 25.7 Å². The average Bonchev–Trinajstić information content (AvgIpc) is 3.12. The molecule has 0 aromatic heterocycles. The number of rotatable bonds is 10. The average molecular weight is 591 g/mol. The van der Waals surface area contributed by atoms with E-state index >= 15 is 0 Å². The van der Waals surface area contributed by atoms with Gasteiger partial charge in [-0.3, -0.25) is 0 Å². The van der Waals surface area contributed by atoms with Crippen LogP contribution in [0.4, 0.5) is 0 Å². The van der Waals surface area contributed by atoms with E-state index < -0.39 is 36.1 Å². The standard InChI is InChI=1S/2C12H19Si.2CH3.Hf/c2*1-11(10-13(2,3)4)9-12-7-5-6-8-12;;;/h2*5,7H,1,6,9-10H2,2-4H3;2*1H3;. The number of hydrogen-bond donors (Lipinski definition) is 0. The van der Waals surface area contributed by atoms with E-state index in [2.05, 4.69) is 86.1 Å². The molecule has 0 fully saturated rings. The molecule has 0 saturated carbocycles. The summed E-state index contributed by atoms with van der Waals surface area (Å²) in [7, 11) is -2.18. The van der Waals surface area contributed by atoms with Crippen LogP contribution >= 0.6 is 0 Å². The summed E-state index contributed by atoms with van der Waals surface area (Å²) in [6.45, 7) is 23.7. The topological polar surface area (TPSA) is 0 Å². The van der Waals surface area contributed by atoms with Gasteiger partial charge in [-0.05, 0) is 0 Å². The van der Waals surface area contributed by atoms with Gasteiger partial charge in [0.05, 0.1) is 0 Å². The summed E-state index contributed by atoms with van der Waals surface area (Å²) in [4.78, 5) is 0. The summed E-state index contributed by atoms with van der Waals surface area (Å²) in [5.41, 5.74) is 6.16. The molecule has 0 saturated heterocycles. The molecule has 0 N–H and O–H groups in total. The molecule has 160 valence electrons. The first-order valence-corrected chi connectivity index (χ1v) is 29.5. The van der Waals surface area contributed by atoms with Crippen LogP contribution in [0.5, 0.6) is 0 Å². The van der Waals surface area contributed by atoms with E-state index in [9.17, 15) is 0 Å². The van der Waals surface area contributed by atoms with E-state index in [-0.39, 0.29) is 0 Å². The van der Waals surface area contributed by atoms with Crippen LogP contribution in [0, 0.1) is 0 Å². The Morgan fingerprint density at radius 1 is 0.759 bits per heavy atom. The Hall–Kier alpha value is -0.256. The van der Waals surface area contributed by atoms with Crippen LogP contribution < -0.4 is 0 Å². The van der Waals surface area contributed by atoms with Gasteiger partial charge < -0.3 is 0 Å². The zero-order valence-electron chi connectivity index (χ0n) is 20.5. The molecule has 0 bridgehead atoms. The van der Waals surface area contributed by atoms with Gasteiger partial charge >= 0.3 is 189 Å². The fourth-order valence-corrected chi connectivity index (χ4v) is 21.2. The zero-order chi connectivity index (χ0) is 22.0. The molecule has 0 atom stereocenters. The van der Waals surface area contributed by atoms with Crippen LogP contribution in [-0.2, 0) is 20.0 Å². The third kappa shape index (κ3) is 7.43. The van der Waals surface area contributed by atoms with Crippen LogP contribution in [0.15, 0.2) is 66.4 Å². The molecule has 0 heterocycles. The molecule has 2 aliphatic rings. The van der Waals surface area contributed by atoms with Gasteiger partial charge in [0.1, 0.15) is 0 Å². The van der Waals surface area contributed by atoms with Crippen molar-refractivity contribution in [2.24, 2.45) is 0 Å². The maximum absolute atomic E-state index is 4.47. The molecule has 0 nitrogen and oxygen atoms in total. The second-order valence-electron chi connectivity index (χ2n) is 12.2. The van der Waals surface area contributed by atoms with Crippen molar-refractivity contribution in [1.29, 1.82) is 0 Å². The van der Waals surface area contributed by atoms with E-state index in [1.165, 1.54) is 36.1 Å². The van der Waals surface area contributed by atoms with Gasteiger partial charge in [0.15, 0.2) is 0 Å². The van der Waals surface area contributed by atoms with E-state index in [0.29, 0.717) is 0 Å². The Morgan fingerprint density at radius 2 is 1.10 bits per heavy atom. The molecule has 2 aliphatic carbocycles. The summed E-state index contributed by atoms with van der Waals surface area (Å²) in [6, 6.07) is 2.50. The minimum absolute atomic E-state index is 1.09. The van der Waals surface area contributed by atoms with Crippen molar-refractivity contribution in [3.05, 3.63) is 66.4 Å². The first-order valence-electron chi connectivity index (χ1n) is 11.3. The van der Waals surface area contributed by atoms with Crippen molar-refractivity contribution in [1.82, 2.24) is 0 Å². The SMILES string of the molecule is C=C(CC1=[C]([Hf]([CH3])([CH3])[C]2=C(CC(=C)C[Si](C)(C)C)C=CC2)CC=C1)C[Si](C)(C)C. The van der Waals surface area contributed by atoms with Crippen LogP contribution in [0.25, 0.3) is 0 Å². The van der Waals surface area contributed by atoms with Gasteiger partial charge in [0.25, 0.3) is 0 Å². The van der Waals surface area contributed by atoms with Crippen LogP contribution in [0.2, 0.25) is 60.7 Å². The molecule has 29 heavy (non-hydrogen) atoms. The summed E-state index contributed by atoms with van der Waals surface area (Å²) < 4.78 is 9.00. The quantitative estimate of drug-likeness (QED) is 0.176. The van der Waals surface area contributed by atoms with Crippen LogP contribution in [-0.4, -0.2) is 16.1 Å². The molecule has 0 aliphatic heterocycles. The van der Waals surface area contributed by atoms with E-state index in [0.717, 1.165) is 12.8 Å². The van der Waals surface area contributed by atoms with Gasteiger partial charge in [-0.15, -0.1) is 0 Å². The molecule has 3 heteroatoms. The molecule has 2 rings (SSSR count). The molecular formula is C26H44HfSi2. The van der Waals surface area contributed by atoms with Gasteiger partial charge in [0, 0.05) is 0 Å². The molecular weight excluding hydrogens is 547 g/mol. The molecule has 0 amide bonds. The van der Waals surface area contributed by atoms with Crippen molar-refractivity contribution >= 4 is 16.1 Å². The maximum atomic E-state index is 4.47. The van der Waals surface area contributed by atoms with E-state index in [1.54, 1.807) is 11.1 Å². The van der Waals surface area contributed by atoms with Crippen molar-refractivity contribution in [2.45, 2.75) is 86.4 Å². The third-order valence-electron chi connectivity index (χ3n) is 6.01. The molecule has 0 spiro atoms. The summed E-state index contributed by atoms with van der Waals surface area (Å²) in [5.74, 6) is 0. The fraction of sp³-hybridized carbons (Fsp3) is 0.538. The van der Waals surface area contributed by atoms with Crippen molar-refractivity contribution in [3.8, 4) is 0 Å². The molecule has 0 aromatic rings.